The number of aliphatic hydroxyl groups excluding tert-OH is 1. The second kappa shape index (κ2) is 4.41. The zero-order chi connectivity index (χ0) is 10.7. The van der Waals surface area contributed by atoms with E-state index in [0.717, 1.165) is 0 Å². The molecule has 0 aliphatic heterocycles. The lowest BCUT2D eigenvalue weighted by molar-refractivity contribution is 0.0697. The van der Waals surface area contributed by atoms with Crippen molar-refractivity contribution in [3.05, 3.63) is 34.3 Å². The van der Waals surface area contributed by atoms with Gasteiger partial charge in [-0.15, -0.1) is 0 Å². The Morgan fingerprint density at radius 2 is 2.21 bits per heavy atom. The van der Waals surface area contributed by atoms with E-state index in [1.54, 1.807) is 0 Å². The Bertz CT molecular complexity index is 354. The van der Waals surface area contributed by atoms with E-state index in [1.165, 1.54) is 18.2 Å². The van der Waals surface area contributed by atoms with Crippen molar-refractivity contribution in [1.82, 2.24) is 0 Å². The van der Waals surface area contributed by atoms with Gasteiger partial charge in [-0.2, -0.15) is 0 Å². The average Bonchev–Trinajstić information content (AvgIpc) is 2.15. The summed E-state index contributed by atoms with van der Waals surface area (Å²) in [7, 11) is 0. The van der Waals surface area contributed by atoms with Crippen LogP contribution in [0.3, 0.4) is 0 Å². The summed E-state index contributed by atoms with van der Waals surface area (Å²) in [4.78, 5) is 10.6. The molecule has 76 valence electrons. The summed E-state index contributed by atoms with van der Waals surface area (Å²) in [5.74, 6) is -1.08. The first-order valence-corrected chi connectivity index (χ1v) is 4.33. The zero-order valence-electron chi connectivity index (χ0n) is 7.27. The predicted octanol–water partition coefficient (Wildman–Crippen LogP) is 1.03. The van der Waals surface area contributed by atoms with Gasteiger partial charge in [-0.3, -0.25) is 0 Å². The number of hydrogen-bond acceptors (Lipinski definition) is 3. The molecule has 1 aromatic rings. The quantitative estimate of drug-likeness (QED) is 0.703. The van der Waals surface area contributed by atoms with Crippen LogP contribution in [0.15, 0.2) is 18.2 Å². The Labute approximate surface area is 85.9 Å². The first-order valence-electron chi connectivity index (χ1n) is 3.95. The monoisotopic (exact) mass is 215 g/mol. The minimum absolute atomic E-state index is 0.0283. The third-order valence-electron chi connectivity index (χ3n) is 1.85. The molecule has 0 fully saturated rings. The molecular weight excluding hydrogens is 206 g/mol. The lowest BCUT2D eigenvalue weighted by atomic mass is 10.1. The highest BCUT2D eigenvalue weighted by Crippen LogP contribution is 2.20. The molecule has 0 saturated carbocycles. The van der Waals surface area contributed by atoms with Crippen molar-refractivity contribution in [1.29, 1.82) is 0 Å². The van der Waals surface area contributed by atoms with Crippen molar-refractivity contribution in [2.75, 3.05) is 6.61 Å². The zero-order valence-corrected chi connectivity index (χ0v) is 8.03. The number of carboxylic acids is 1. The highest BCUT2D eigenvalue weighted by molar-refractivity contribution is 6.33. The van der Waals surface area contributed by atoms with E-state index in [-0.39, 0.29) is 17.2 Å². The van der Waals surface area contributed by atoms with Crippen molar-refractivity contribution in [3.63, 3.8) is 0 Å². The van der Waals surface area contributed by atoms with Gasteiger partial charge in [0.2, 0.25) is 0 Å². The van der Waals surface area contributed by atoms with Crippen LogP contribution in [0.5, 0.6) is 0 Å². The highest BCUT2D eigenvalue weighted by atomic mass is 35.5. The highest BCUT2D eigenvalue weighted by Gasteiger charge is 2.11. The van der Waals surface area contributed by atoms with Crippen molar-refractivity contribution in [2.45, 2.75) is 6.04 Å². The molecule has 0 radical (unpaired) electrons. The Morgan fingerprint density at radius 1 is 1.57 bits per heavy atom. The summed E-state index contributed by atoms with van der Waals surface area (Å²) in [6, 6.07) is 3.83. The molecule has 4 nitrogen and oxygen atoms in total. The van der Waals surface area contributed by atoms with Crippen LogP contribution in [0.4, 0.5) is 0 Å². The summed E-state index contributed by atoms with van der Waals surface area (Å²) in [6.45, 7) is -0.206. The molecule has 0 aliphatic rings. The number of aliphatic hydroxyl groups is 1. The van der Waals surface area contributed by atoms with Gasteiger partial charge in [0.25, 0.3) is 0 Å². The number of rotatable bonds is 3. The fourth-order valence-corrected chi connectivity index (χ4v) is 1.31. The molecule has 1 aromatic carbocycles. The molecule has 0 saturated heterocycles. The fraction of sp³-hybridized carbons (Fsp3) is 0.222. The fourth-order valence-electron chi connectivity index (χ4n) is 1.04. The average molecular weight is 216 g/mol. The first kappa shape index (κ1) is 11.0. The number of benzene rings is 1. The summed E-state index contributed by atoms with van der Waals surface area (Å²) in [5, 5.41) is 17.6. The van der Waals surface area contributed by atoms with Crippen LogP contribution in [-0.4, -0.2) is 22.8 Å². The number of hydrogen-bond donors (Lipinski definition) is 3. The normalized spacial score (nSPS) is 12.5. The summed E-state index contributed by atoms with van der Waals surface area (Å²) in [5.41, 5.74) is 6.17. The van der Waals surface area contributed by atoms with E-state index < -0.39 is 12.0 Å². The molecule has 0 aliphatic carbocycles. The van der Waals surface area contributed by atoms with Gasteiger partial charge in [-0.25, -0.2) is 4.79 Å². The van der Waals surface area contributed by atoms with E-state index in [4.69, 9.17) is 27.5 Å². The number of aromatic carboxylic acids is 1. The lowest BCUT2D eigenvalue weighted by Gasteiger charge is -2.09. The standard InChI is InChI=1S/C9H10ClNO3/c10-7-3-5(8(11)4-12)1-2-6(7)9(13)14/h1-3,8,12H,4,11H2,(H,13,14). The lowest BCUT2D eigenvalue weighted by Crippen LogP contribution is -2.14. The van der Waals surface area contributed by atoms with Gasteiger partial charge in [0.05, 0.1) is 23.2 Å². The van der Waals surface area contributed by atoms with Crippen LogP contribution < -0.4 is 5.73 Å². The second-order valence-corrected chi connectivity index (χ2v) is 3.24. The second-order valence-electron chi connectivity index (χ2n) is 2.83. The minimum Gasteiger partial charge on any atom is -0.478 e. The number of carboxylic acid groups (broad SMARTS) is 1. The van der Waals surface area contributed by atoms with Gasteiger partial charge in [-0.05, 0) is 17.7 Å². The molecule has 0 amide bonds. The topological polar surface area (TPSA) is 83.5 Å². The van der Waals surface area contributed by atoms with E-state index in [2.05, 4.69) is 0 Å². The first-order chi connectivity index (χ1) is 6.56. The molecule has 0 bridgehead atoms. The van der Waals surface area contributed by atoms with E-state index in [9.17, 15) is 4.79 Å². The smallest absolute Gasteiger partial charge is 0.337 e. The van der Waals surface area contributed by atoms with Crippen molar-refractivity contribution in [2.24, 2.45) is 5.73 Å². The Morgan fingerprint density at radius 3 is 2.64 bits per heavy atom. The number of halogens is 1. The molecule has 1 atom stereocenters. The van der Waals surface area contributed by atoms with Gasteiger partial charge < -0.3 is 15.9 Å². The predicted molar refractivity (Wildman–Crippen MR) is 52.4 cm³/mol. The van der Waals surface area contributed by atoms with Crippen LogP contribution in [-0.2, 0) is 0 Å². The summed E-state index contributed by atoms with van der Waals surface area (Å²) < 4.78 is 0. The Balaban J connectivity index is 3.06. The molecule has 1 rings (SSSR count). The molecule has 0 heterocycles. The minimum atomic E-state index is -1.08. The third-order valence-corrected chi connectivity index (χ3v) is 2.16. The van der Waals surface area contributed by atoms with Gasteiger partial charge in [0.15, 0.2) is 0 Å². The molecule has 4 N–H and O–H groups in total. The Kier molecular flexibility index (Phi) is 3.46. The summed E-state index contributed by atoms with van der Waals surface area (Å²) in [6.07, 6.45) is 0. The molecule has 1 unspecified atom stereocenters. The maximum Gasteiger partial charge on any atom is 0.337 e. The molecule has 0 aromatic heterocycles. The van der Waals surface area contributed by atoms with E-state index >= 15 is 0 Å². The maximum atomic E-state index is 10.6. The molecule has 5 heteroatoms. The van der Waals surface area contributed by atoms with Crippen LogP contribution >= 0.6 is 11.6 Å². The van der Waals surface area contributed by atoms with Crippen molar-refractivity contribution in [3.8, 4) is 0 Å². The van der Waals surface area contributed by atoms with Crippen LogP contribution in [0, 0.1) is 0 Å². The van der Waals surface area contributed by atoms with Crippen LogP contribution in [0.1, 0.15) is 22.0 Å². The van der Waals surface area contributed by atoms with Gasteiger partial charge in [-0.1, -0.05) is 17.7 Å². The van der Waals surface area contributed by atoms with Crippen molar-refractivity contribution < 1.29 is 15.0 Å². The molecule has 14 heavy (non-hydrogen) atoms. The SMILES string of the molecule is NC(CO)c1ccc(C(=O)O)c(Cl)c1. The van der Waals surface area contributed by atoms with E-state index in [1.807, 2.05) is 0 Å². The van der Waals surface area contributed by atoms with Crippen molar-refractivity contribution >= 4 is 17.6 Å². The number of carbonyl (C=O) groups is 1. The summed E-state index contributed by atoms with van der Waals surface area (Å²) >= 11 is 5.71. The van der Waals surface area contributed by atoms with E-state index in [0.29, 0.717) is 5.56 Å². The maximum absolute atomic E-state index is 10.6. The Hall–Kier alpha value is -1.10. The van der Waals surface area contributed by atoms with Gasteiger partial charge in [0, 0.05) is 0 Å². The molecular formula is C9H10ClNO3. The van der Waals surface area contributed by atoms with Gasteiger partial charge >= 0.3 is 5.97 Å². The van der Waals surface area contributed by atoms with Crippen LogP contribution in [0.2, 0.25) is 5.02 Å². The van der Waals surface area contributed by atoms with Crippen LogP contribution in [0.25, 0.3) is 0 Å². The number of nitrogens with two attached hydrogens (primary N) is 1. The third kappa shape index (κ3) is 2.23. The largest absolute Gasteiger partial charge is 0.478 e. The van der Waals surface area contributed by atoms with Gasteiger partial charge in [0.1, 0.15) is 0 Å². The molecule has 0 spiro atoms.